The molecule has 0 radical (unpaired) electrons. The number of carbonyl (C=O) groups excluding carboxylic acids is 3. The van der Waals surface area contributed by atoms with E-state index in [9.17, 15) is 33.9 Å². The first-order chi connectivity index (χ1) is 64.9. The second-order valence-electron chi connectivity index (χ2n) is 34.4. The number of morpholine rings is 1. The maximum Gasteiger partial charge on any atom is 0.266 e. The van der Waals surface area contributed by atoms with Crippen molar-refractivity contribution in [2.45, 2.75) is 86.0 Å². The van der Waals surface area contributed by atoms with Crippen LogP contribution in [0.3, 0.4) is 0 Å². The minimum Gasteiger partial charge on any atom is -0.489 e. The van der Waals surface area contributed by atoms with Gasteiger partial charge in [-0.1, -0.05) is 77.3 Å². The number of nitrogens with zero attached hydrogens (tertiary/aromatic N) is 15. The van der Waals surface area contributed by atoms with E-state index < -0.39 is 0 Å². The van der Waals surface area contributed by atoms with Crippen molar-refractivity contribution in [3.63, 3.8) is 0 Å². The van der Waals surface area contributed by atoms with Gasteiger partial charge in [0.05, 0.1) is 108 Å². The van der Waals surface area contributed by atoms with E-state index in [1.807, 2.05) is 154 Å². The number of aliphatic hydroxyl groups excluding tert-OH is 1. The van der Waals surface area contributed by atoms with Crippen LogP contribution in [0.15, 0.2) is 215 Å². The molecule has 33 heteroatoms. The number of rotatable bonds is 29. The van der Waals surface area contributed by atoms with Crippen LogP contribution < -0.4 is 55.7 Å². The topological polar surface area (TPSA) is 296 Å². The Morgan fingerprint density at radius 3 is 1.07 bits per heavy atom. The summed E-state index contributed by atoms with van der Waals surface area (Å²) >= 11 is 17.8. The molecule has 0 unspecified atom stereocenters. The maximum absolute atomic E-state index is 14.5. The van der Waals surface area contributed by atoms with Gasteiger partial charge >= 0.3 is 0 Å². The summed E-state index contributed by atoms with van der Waals surface area (Å²) in [5, 5.41) is 12.7. The summed E-state index contributed by atoms with van der Waals surface area (Å²) in [5.74, 6) is 5.26. The van der Waals surface area contributed by atoms with Crippen molar-refractivity contribution in [3.8, 4) is 51.6 Å². The predicted octanol–water partition coefficient (Wildman–Crippen LogP) is 12.2. The first kappa shape index (κ1) is 96.4. The summed E-state index contributed by atoms with van der Waals surface area (Å²) in [6.07, 6.45) is -0.217. The summed E-state index contributed by atoms with van der Waals surface area (Å²) in [7, 11) is 0. The molecule has 3 aromatic heterocycles. The number of piperazine rings is 4. The minimum atomic E-state index is -0.208. The van der Waals surface area contributed by atoms with E-state index in [1.54, 1.807) is 110 Å². The molecule has 704 valence electrons. The first-order valence-electron chi connectivity index (χ1n) is 45.6. The zero-order valence-corrected chi connectivity index (χ0v) is 78.7. The summed E-state index contributed by atoms with van der Waals surface area (Å²) in [4.78, 5) is 115. The van der Waals surface area contributed by atoms with Gasteiger partial charge in [0.1, 0.15) is 52.0 Å². The summed E-state index contributed by atoms with van der Waals surface area (Å²) in [5.41, 5.74) is 11.9. The Kier molecular flexibility index (Phi) is 32.9. The van der Waals surface area contributed by atoms with Gasteiger partial charge in [-0.05, 0) is 205 Å². The number of aliphatic hydroxyl groups is 1. The van der Waals surface area contributed by atoms with Gasteiger partial charge in [0.25, 0.3) is 34.4 Å². The van der Waals surface area contributed by atoms with Gasteiger partial charge in [0, 0.05) is 157 Å². The monoisotopic (exact) mass is 1880 g/mol. The van der Waals surface area contributed by atoms with Crippen molar-refractivity contribution in [2.75, 3.05) is 175 Å². The molecule has 30 nitrogen and oxygen atoms in total. The summed E-state index contributed by atoms with van der Waals surface area (Å²) in [6.45, 7) is 28.1. The molecule has 5 fully saturated rings. The largest absolute Gasteiger partial charge is 0.489 e. The number of benzene rings is 9. The van der Waals surface area contributed by atoms with E-state index in [0.29, 0.717) is 227 Å². The van der Waals surface area contributed by atoms with Gasteiger partial charge in [-0.3, -0.25) is 67.0 Å². The molecule has 0 spiro atoms. The lowest BCUT2D eigenvalue weighted by molar-refractivity contribution is -0.135. The molecule has 3 N–H and O–H groups in total. The highest BCUT2D eigenvalue weighted by Crippen LogP contribution is 2.32. The average molecular weight is 1880 g/mol. The minimum absolute atomic E-state index is 0.0342. The standard InChI is InChI=1S/C36H43ClN6O5.C35H40ClN5O5.C30H32ClN5O4/c1-26(2)48-33-6-4-3-5-32(33)43-34(24-40-15-19-42(20-16-40)35(45)25-47-29-10-7-27(37)8-11-29)38-31-12-9-28(23-30(31)36(43)46)41-17-13-39(14-18-41)21-22-44;1-25(2)46-32-6-4-3-5-31(32)41-33(37-30-12-7-26(21-29(30)35(41)43)22-39-17-19-44-20-18-39)23-38-13-15-40(16-14-38)34(42)24-45-28-10-8-27(36)9-11-28;1-20(2)40-27-6-4-3-5-26(27)36-28(33-25-12-9-22(32)17-24(25)30(36)38)18-34-13-15-35(16-14-34)29(37)19-39-23-10-7-21(31)8-11-23/h3-12,23,26,44H,13-22,24-25H2,1-2H3;3-12,21,25H,13-20,22-24H2,1-2H3;3-12,17,20H,13-16,18-19,32H2,1-2H3. The van der Waals surface area contributed by atoms with Crippen molar-refractivity contribution in [3.05, 3.63) is 269 Å². The van der Waals surface area contributed by atoms with E-state index in [-0.39, 0.29) is 79.1 Å². The number of anilines is 2. The summed E-state index contributed by atoms with van der Waals surface area (Å²) in [6, 6.07) is 60.6. The Hall–Kier alpha value is -12.2. The SMILES string of the molecule is CC(C)Oc1ccccc1-n1c(CN2CCN(C(=O)COc3ccc(Cl)cc3)CC2)nc2ccc(CN3CCOCC3)cc2c1=O.CC(C)Oc1ccccc1-n1c(CN2CCN(C(=O)COc3ccc(Cl)cc3)CC2)nc2ccc(N)cc2c1=O.CC(C)Oc1ccccc1-n1c(CN2CCN(C(=O)COc3ccc(Cl)cc3)CC2)nc2ccc(N3CCN(CCO)CC3)cc2c1=O. The highest BCUT2D eigenvalue weighted by atomic mass is 35.5. The van der Waals surface area contributed by atoms with E-state index in [0.717, 1.165) is 70.3 Å². The number of aromatic nitrogens is 6. The molecule has 8 heterocycles. The Bertz CT molecular complexity index is 6230. The molecule has 9 aromatic carbocycles. The van der Waals surface area contributed by atoms with Gasteiger partial charge in [-0.25, -0.2) is 15.0 Å². The molecule has 5 saturated heterocycles. The van der Waals surface area contributed by atoms with Crippen LogP contribution >= 0.6 is 34.8 Å². The number of halogens is 3. The Labute approximate surface area is 793 Å². The molecular weight excluding hydrogens is 1770 g/mol. The Balaban J connectivity index is 0.000000154. The fraction of sp³-hybridized carbons (Fsp3) is 0.376. The zero-order chi connectivity index (χ0) is 93.9. The van der Waals surface area contributed by atoms with Gasteiger partial charge in [0.2, 0.25) is 0 Å². The molecule has 3 amide bonds. The average Bonchev–Trinajstić information content (AvgIpc) is 0.766. The van der Waals surface area contributed by atoms with Crippen molar-refractivity contribution in [1.29, 1.82) is 0 Å². The van der Waals surface area contributed by atoms with Gasteiger partial charge in [-0.15, -0.1) is 0 Å². The van der Waals surface area contributed by atoms with Crippen molar-refractivity contribution < 1.29 is 52.6 Å². The summed E-state index contributed by atoms with van der Waals surface area (Å²) < 4.78 is 45.9. The van der Waals surface area contributed by atoms with E-state index in [1.165, 1.54) is 0 Å². The number of nitrogens with two attached hydrogens (primary N) is 1. The first-order valence-corrected chi connectivity index (χ1v) is 46.8. The Morgan fingerprint density at radius 2 is 0.709 bits per heavy atom. The lowest BCUT2D eigenvalue weighted by Gasteiger charge is -2.36. The molecule has 0 bridgehead atoms. The molecule has 0 atom stereocenters. The molecular formula is C101H115Cl3N16O14. The number of fused-ring (bicyclic) bond motifs is 3. The van der Waals surface area contributed by atoms with E-state index in [2.05, 4.69) is 35.5 Å². The highest BCUT2D eigenvalue weighted by molar-refractivity contribution is 6.31. The third kappa shape index (κ3) is 25.1. The van der Waals surface area contributed by atoms with Crippen LogP contribution in [0, 0.1) is 0 Å². The predicted molar refractivity (Wildman–Crippen MR) is 522 cm³/mol. The van der Waals surface area contributed by atoms with Gasteiger partial charge in [-0.2, -0.15) is 0 Å². The zero-order valence-electron chi connectivity index (χ0n) is 76.5. The number of nitrogen functional groups attached to an aromatic ring is 1. The number of β-amino-alcohol motifs (C(OH)–C–C–N with tert-alkyl or cyclic N) is 1. The second-order valence-corrected chi connectivity index (χ2v) is 35.7. The molecule has 0 saturated carbocycles. The van der Waals surface area contributed by atoms with Gasteiger partial charge in [0.15, 0.2) is 19.8 Å². The highest BCUT2D eigenvalue weighted by Gasteiger charge is 2.31. The smallest absolute Gasteiger partial charge is 0.266 e. The lowest BCUT2D eigenvalue weighted by Crippen LogP contribution is -2.50. The Morgan fingerprint density at radius 1 is 0.381 bits per heavy atom. The number of ether oxygens (including phenoxy) is 7. The molecule has 5 aliphatic heterocycles. The fourth-order valence-corrected chi connectivity index (χ4v) is 17.2. The van der Waals surface area contributed by atoms with E-state index in [4.69, 9.17) is 88.6 Å². The van der Waals surface area contributed by atoms with Crippen LogP contribution in [-0.2, 0) is 45.3 Å². The van der Waals surface area contributed by atoms with Crippen molar-refractivity contribution >= 4 is 96.6 Å². The third-order valence-electron chi connectivity index (χ3n) is 23.8. The van der Waals surface area contributed by atoms with Crippen LogP contribution in [0.1, 0.15) is 64.6 Å². The number of amides is 3. The number of carbonyl (C=O) groups is 3. The maximum atomic E-state index is 14.5. The van der Waals surface area contributed by atoms with Crippen LogP contribution in [0.2, 0.25) is 15.1 Å². The van der Waals surface area contributed by atoms with Crippen LogP contribution in [0.4, 0.5) is 11.4 Å². The fourth-order valence-electron chi connectivity index (χ4n) is 16.8. The molecule has 134 heavy (non-hydrogen) atoms. The lowest BCUT2D eigenvalue weighted by atomic mass is 10.1. The van der Waals surface area contributed by atoms with Crippen molar-refractivity contribution in [2.24, 2.45) is 0 Å². The number of para-hydroxylation sites is 6. The van der Waals surface area contributed by atoms with E-state index >= 15 is 0 Å². The molecule has 5 aliphatic rings. The number of hydrogen-bond acceptors (Lipinski definition) is 24. The van der Waals surface area contributed by atoms with Gasteiger partial charge < -0.3 is 63.6 Å². The number of hydrogen-bond donors (Lipinski definition) is 2. The van der Waals surface area contributed by atoms with Crippen LogP contribution in [0.25, 0.3) is 49.8 Å². The second kappa shape index (κ2) is 45.7. The normalized spacial score (nSPS) is 15.5. The third-order valence-corrected chi connectivity index (χ3v) is 24.5. The van der Waals surface area contributed by atoms with Crippen LogP contribution in [0.5, 0.6) is 34.5 Å². The molecule has 12 aromatic rings. The molecule has 17 rings (SSSR count). The van der Waals surface area contributed by atoms with Crippen LogP contribution in [-0.4, -0.2) is 273 Å². The molecule has 0 aliphatic carbocycles. The van der Waals surface area contributed by atoms with Crippen molar-refractivity contribution in [1.82, 2.24) is 67.9 Å². The quantitative estimate of drug-likeness (QED) is 0.0412.